The molecule has 0 aliphatic carbocycles. The maximum atomic E-state index is 13.6. The molecule has 11 nitrogen and oxygen atoms in total. The highest BCUT2D eigenvalue weighted by Crippen LogP contribution is 2.40. The number of halogens is 3. The average molecular weight is 660 g/mol. The minimum atomic E-state index is -5.10. The van der Waals surface area contributed by atoms with E-state index in [-0.39, 0.29) is 15.1 Å². The maximum absolute atomic E-state index is 13.6. The summed E-state index contributed by atoms with van der Waals surface area (Å²) in [5, 5.41) is 10.3. The van der Waals surface area contributed by atoms with Crippen molar-refractivity contribution in [3.8, 4) is 0 Å². The molecule has 0 saturated carbocycles. The summed E-state index contributed by atoms with van der Waals surface area (Å²) in [5.41, 5.74) is 0.436. The van der Waals surface area contributed by atoms with Gasteiger partial charge in [-0.05, 0) is 16.7 Å². The van der Waals surface area contributed by atoms with Crippen molar-refractivity contribution in [2.24, 2.45) is 5.16 Å². The van der Waals surface area contributed by atoms with E-state index in [1.165, 1.54) is 5.38 Å². The van der Waals surface area contributed by atoms with E-state index < -0.39 is 58.7 Å². The molecule has 2 amide bonds. The normalized spacial score (nSPS) is 17.1. The molecule has 0 radical (unpaired) electrons. The first-order valence-electron chi connectivity index (χ1n) is 13.2. The fourth-order valence-corrected chi connectivity index (χ4v) is 6.61. The van der Waals surface area contributed by atoms with Crippen LogP contribution in [-0.4, -0.2) is 65.2 Å². The summed E-state index contributed by atoms with van der Waals surface area (Å²) in [6.07, 6.45) is 0. The van der Waals surface area contributed by atoms with Crippen LogP contribution in [0.3, 0.4) is 0 Å². The van der Waals surface area contributed by atoms with E-state index in [9.17, 15) is 35.7 Å². The Labute approximate surface area is 259 Å². The number of nitrogens with zero attached hydrogens (tertiary/aromatic N) is 3. The predicted octanol–water partition coefficient (Wildman–Crippen LogP) is 3.96. The molecule has 0 bridgehead atoms. The van der Waals surface area contributed by atoms with E-state index in [1.54, 1.807) is 0 Å². The fourth-order valence-electron chi connectivity index (χ4n) is 5.00. The van der Waals surface area contributed by atoms with Gasteiger partial charge < -0.3 is 15.5 Å². The van der Waals surface area contributed by atoms with Crippen LogP contribution in [-0.2, 0) is 30.3 Å². The van der Waals surface area contributed by atoms with E-state index >= 15 is 0 Å². The molecule has 0 spiro atoms. The highest BCUT2D eigenvalue weighted by molar-refractivity contribution is 7.84. The lowest BCUT2D eigenvalue weighted by Gasteiger charge is -2.42. The number of carbonyl (C=O) groups excluding carboxylic acids is 2. The summed E-state index contributed by atoms with van der Waals surface area (Å²) >= 11 is 1.01. The minimum absolute atomic E-state index is 0.133. The van der Waals surface area contributed by atoms with Gasteiger partial charge in [0, 0.05) is 5.38 Å². The summed E-state index contributed by atoms with van der Waals surface area (Å²) < 4.78 is 71.4. The zero-order valence-electron chi connectivity index (χ0n) is 23.0. The number of oxime groups is 1. The molecular formula is C29H24F3N5O6S2. The number of thiazole rings is 1. The van der Waals surface area contributed by atoms with Crippen LogP contribution in [0.2, 0.25) is 0 Å². The lowest BCUT2D eigenvalue weighted by molar-refractivity contribution is -0.145. The van der Waals surface area contributed by atoms with Gasteiger partial charge in [-0.15, -0.1) is 11.3 Å². The summed E-state index contributed by atoms with van der Waals surface area (Å²) in [6, 6.07) is 24.9. The number of carbonyl (C=O) groups is 2. The van der Waals surface area contributed by atoms with Gasteiger partial charge in [-0.25, -0.2) is 13.7 Å². The first kappa shape index (κ1) is 31.6. The van der Waals surface area contributed by atoms with Crippen molar-refractivity contribution < 1.29 is 40.6 Å². The van der Waals surface area contributed by atoms with Crippen molar-refractivity contribution in [1.29, 1.82) is 0 Å². The molecule has 5 rings (SSSR count). The van der Waals surface area contributed by atoms with E-state index in [0.29, 0.717) is 0 Å². The molecule has 2 atom stereocenters. The Balaban J connectivity index is 1.52. The van der Waals surface area contributed by atoms with Crippen molar-refractivity contribution >= 4 is 44.3 Å². The minimum Gasteiger partial charge on any atom is -0.344 e. The van der Waals surface area contributed by atoms with Gasteiger partial charge in [-0.3, -0.25) is 14.1 Å². The predicted molar refractivity (Wildman–Crippen MR) is 159 cm³/mol. The van der Waals surface area contributed by atoms with Crippen LogP contribution in [0.1, 0.15) is 22.4 Å². The maximum Gasteiger partial charge on any atom is 0.407 e. The summed E-state index contributed by atoms with van der Waals surface area (Å²) in [4.78, 5) is 33.9. The average Bonchev–Trinajstić information content (AvgIpc) is 3.49. The second kappa shape index (κ2) is 13.1. The van der Waals surface area contributed by atoms with Gasteiger partial charge in [-0.1, -0.05) is 96.2 Å². The Hall–Kier alpha value is -4.80. The molecule has 234 valence electrons. The van der Waals surface area contributed by atoms with Gasteiger partial charge >= 0.3 is 16.9 Å². The third kappa shape index (κ3) is 6.38. The van der Waals surface area contributed by atoms with Gasteiger partial charge in [0.15, 0.2) is 10.8 Å². The zero-order chi connectivity index (χ0) is 32.2. The van der Waals surface area contributed by atoms with Gasteiger partial charge in [0.2, 0.25) is 0 Å². The topological polar surface area (TPSA) is 150 Å². The Morgan fingerprint density at radius 3 is 1.96 bits per heavy atom. The highest BCUT2D eigenvalue weighted by atomic mass is 32.2. The number of rotatable bonds is 12. The third-order valence-corrected chi connectivity index (χ3v) is 8.67. The van der Waals surface area contributed by atoms with Crippen LogP contribution in [0, 0.1) is 0 Å². The van der Waals surface area contributed by atoms with Crippen molar-refractivity contribution in [3.05, 3.63) is 119 Å². The SMILES string of the molecule is O=C(NC1C(=O)N(S(=O)(=O)O)C1CF)C(=NOC(F)F)c1csc(NC(c2ccccc2)(c2ccccc2)c2ccccc2)n1. The summed E-state index contributed by atoms with van der Waals surface area (Å²) in [7, 11) is -5.10. The van der Waals surface area contributed by atoms with Gasteiger partial charge in [0.25, 0.3) is 11.8 Å². The molecule has 16 heteroatoms. The molecule has 1 saturated heterocycles. The molecule has 2 unspecified atom stereocenters. The number of hydrogen-bond donors (Lipinski definition) is 3. The lowest BCUT2D eigenvalue weighted by Crippen LogP contribution is -2.73. The second-order valence-electron chi connectivity index (χ2n) is 9.60. The number of alkyl halides is 3. The first-order chi connectivity index (χ1) is 21.6. The van der Waals surface area contributed by atoms with Crippen LogP contribution in [0.15, 0.2) is 102 Å². The lowest BCUT2D eigenvalue weighted by atomic mass is 9.77. The Kier molecular flexibility index (Phi) is 9.17. The van der Waals surface area contributed by atoms with Crippen molar-refractivity contribution in [1.82, 2.24) is 14.6 Å². The molecule has 1 aromatic heterocycles. The first-order valence-corrected chi connectivity index (χ1v) is 15.4. The van der Waals surface area contributed by atoms with E-state index in [1.807, 2.05) is 91.0 Å². The number of nitrogens with one attached hydrogen (secondary N) is 2. The number of aromatic nitrogens is 1. The van der Waals surface area contributed by atoms with Gasteiger partial charge in [0.1, 0.15) is 30.0 Å². The van der Waals surface area contributed by atoms with E-state index in [4.69, 9.17) is 0 Å². The van der Waals surface area contributed by atoms with Gasteiger partial charge in [-0.2, -0.15) is 17.2 Å². The highest BCUT2D eigenvalue weighted by Gasteiger charge is 2.54. The number of amides is 2. The smallest absolute Gasteiger partial charge is 0.344 e. The number of hydrogen-bond acceptors (Lipinski definition) is 9. The molecule has 4 aromatic rings. The third-order valence-electron chi connectivity index (χ3n) is 6.96. The molecule has 2 heterocycles. The molecule has 3 N–H and O–H groups in total. The number of β-lactam (4-membered cyclic amide) rings is 1. The van der Waals surface area contributed by atoms with Crippen molar-refractivity contribution in [2.75, 3.05) is 12.0 Å². The Bertz CT molecular complexity index is 1700. The zero-order valence-corrected chi connectivity index (χ0v) is 24.6. The Morgan fingerprint density at radius 1 is 1.00 bits per heavy atom. The molecule has 3 aromatic carbocycles. The summed E-state index contributed by atoms with van der Waals surface area (Å²) in [5.74, 6) is -2.61. The molecule has 1 aliphatic rings. The van der Waals surface area contributed by atoms with E-state index in [0.717, 1.165) is 28.0 Å². The largest absolute Gasteiger partial charge is 0.407 e. The van der Waals surface area contributed by atoms with Crippen LogP contribution in [0.25, 0.3) is 0 Å². The molecule has 45 heavy (non-hydrogen) atoms. The van der Waals surface area contributed by atoms with Crippen LogP contribution < -0.4 is 10.6 Å². The molecule has 1 fully saturated rings. The summed E-state index contributed by atoms with van der Waals surface area (Å²) in [6.45, 7) is -4.87. The monoisotopic (exact) mass is 659 g/mol. The van der Waals surface area contributed by atoms with E-state index in [2.05, 4.69) is 25.6 Å². The van der Waals surface area contributed by atoms with Crippen LogP contribution >= 0.6 is 11.3 Å². The quantitative estimate of drug-likeness (QED) is 0.0681. The Morgan fingerprint density at radius 2 is 1.51 bits per heavy atom. The number of benzene rings is 3. The van der Waals surface area contributed by atoms with Crippen LogP contribution in [0.5, 0.6) is 0 Å². The molecule has 1 aliphatic heterocycles. The van der Waals surface area contributed by atoms with Crippen molar-refractivity contribution in [2.45, 2.75) is 24.2 Å². The fraction of sp³-hybridized carbons (Fsp3) is 0.172. The van der Waals surface area contributed by atoms with Crippen molar-refractivity contribution in [3.63, 3.8) is 0 Å². The van der Waals surface area contributed by atoms with Gasteiger partial charge in [0.05, 0.1) is 0 Å². The van der Waals surface area contributed by atoms with Crippen LogP contribution in [0.4, 0.5) is 18.3 Å². The standard InChI is InChI=1S/C29H24F3N5O6S2/c30-16-22-24(26(39)37(22)45(40,41)42)34-25(38)23(36-43-27(31)32)21-17-44-28(33-21)35-29(18-10-4-1-5-11-18,19-12-6-2-7-13-19)20-14-8-3-9-15-20/h1-15,17,22,24,27H,16H2,(H,33,35)(H,34,38)(H,40,41,42). The molecular weight excluding hydrogens is 635 g/mol. The second-order valence-corrected chi connectivity index (χ2v) is 11.7. The number of anilines is 1.